The average Bonchev–Trinajstić information content (AvgIpc) is 3.22. The van der Waals surface area contributed by atoms with Gasteiger partial charge in [-0.25, -0.2) is 4.98 Å². The van der Waals surface area contributed by atoms with Crippen molar-refractivity contribution in [2.75, 3.05) is 11.1 Å². The number of aromatic amines is 1. The van der Waals surface area contributed by atoms with Crippen molar-refractivity contribution in [3.8, 4) is 11.4 Å². The third-order valence-corrected chi connectivity index (χ3v) is 5.25. The van der Waals surface area contributed by atoms with E-state index in [1.807, 2.05) is 19.1 Å². The van der Waals surface area contributed by atoms with Gasteiger partial charge < -0.3 is 5.32 Å². The molecule has 2 N–H and O–H groups in total. The van der Waals surface area contributed by atoms with Crippen LogP contribution in [0, 0.1) is 0 Å². The van der Waals surface area contributed by atoms with Crippen LogP contribution in [-0.2, 0) is 11.2 Å². The summed E-state index contributed by atoms with van der Waals surface area (Å²) >= 11 is 1.30. The minimum atomic E-state index is -0.0214. The van der Waals surface area contributed by atoms with Gasteiger partial charge in [-0.1, -0.05) is 49.9 Å². The normalized spacial score (nSPS) is 10.7. The molecule has 0 saturated heterocycles. The molecule has 1 amide bonds. The van der Waals surface area contributed by atoms with E-state index in [0.29, 0.717) is 28.7 Å². The molecule has 0 spiro atoms. The van der Waals surface area contributed by atoms with E-state index in [1.165, 1.54) is 17.3 Å². The fourth-order valence-corrected chi connectivity index (χ4v) is 3.43. The predicted molar refractivity (Wildman–Crippen MR) is 116 cm³/mol. The molecule has 1 heterocycles. The van der Waals surface area contributed by atoms with Gasteiger partial charge in [0.25, 0.3) is 0 Å². The number of ketones is 1. The molecule has 0 saturated carbocycles. The van der Waals surface area contributed by atoms with Crippen molar-refractivity contribution in [1.29, 1.82) is 0 Å². The van der Waals surface area contributed by atoms with E-state index in [2.05, 4.69) is 39.6 Å². The number of benzene rings is 2. The van der Waals surface area contributed by atoms with Gasteiger partial charge in [-0.3, -0.25) is 14.7 Å². The van der Waals surface area contributed by atoms with Crippen LogP contribution in [0.2, 0.25) is 0 Å². The fraction of sp³-hybridized carbons (Fsp3) is 0.273. The predicted octanol–water partition coefficient (Wildman–Crippen LogP) is 4.75. The Hall–Kier alpha value is -2.93. The number of aromatic nitrogens is 3. The zero-order chi connectivity index (χ0) is 20.6. The summed E-state index contributed by atoms with van der Waals surface area (Å²) in [5.41, 5.74) is 3.52. The highest BCUT2D eigenvalue weighted by Gasteiger charge is 2.11. The highest BCUT2D eigenvalue weighted by molar-refractivity contribution is 7.99. The monoisotopic (exact) mass is 408 g/mol. The number of carbonyl (C=O) groups excluding carboxylic acids is 2. The van der Waals surface area contributed by atoms with Crippen LogP contribution in [0.3, 0.4) is 0 Å². The zero-order valence-corrected chi connectivity index (χ0v) is 17.4. The number of H-pyrrole nitrogens is 1. The number of hydrogen-bond acceptors (Lipinski definition) is 5. The molecule has 0 atom stereocenters. The molecule has 0 aliphatic rings. The first kappa shape index (κ1) is 20.8. The highest BCUT2D eigenvalue weighted by atomic mass is 32.2. The number of carbonyl (C=O) groups is 2. The number of thioether (sulfide) groups is 1. The molecule has 0 unspecified atom stereocenters. The summed E-state index contributed by atoms with van der Waals surface area (Å²) in [4.78, 5) is 28.5. The van der Waals surface area contributed by atoms with Crippen LogP contribution in [0.15, 0.2) is 53.7 Å². The van der Waals surface area contributed by atoms with Crippen LogP contribution in [0.25, 0.3) is 11.4 Å². The third kappa shape index (κ3) is 5.77. The van der Waals surface area contributed by atoms with Gasteiger partial charge in [-0.05, 0) is 42.7 Å². The molecule has 2 aromatic carbocycles. The summed E-state index contributed by atoms with van der Waals surface area (Å²) in [5, 5.41) is 10.5. The first-order valence-corrected chi connectivity index (χ1v) is 10.6. The lowest BCUT2D eigenvalue weighted by atomic mass is 10.1. The first-order valence-electron chi connectivity index (χ1n) is 9.66. The largest absolute Gasteiger partial charge is 0.326 e. The first-order chi connectivity index (χ1) is 14.1. The van der Waals surface area contributed by atoms with Crippen molar-refractivity contribution in [3.05, 3.63) is 59.7 Å². The van der Waals surface area contributed by atoms with Crippen LogP contribution < -0.4 is 5.32 Å². The fourth-order valence-electron chi connectivity index (χ4n) is 2.74. The Morgan fingerprint density at radius 2 is 1.76 bits per heavy atom. The van der Waals surface area contributed by atoms with E-state index in [0.717, 1.165) is 18.4 Å². The van der Waals surface area contributed by atoms with Gasteiger partial charge in [0.15, 0.2) is 11.6 Å². The quantitative estimate of drug-likeness (QED) is 0.394. The number of amides is 1. The second-order valence-electron chi connectivity index (χ2n) is 6.60. The Kier molecular flexibility index (Phi) is 7.19. The van der Waals surface area contributed by atoms with Crippen LogP contribution >= 0.6 is 11.8 Å². The van der Waals surface area contributed by atoms with Gasteiger partial charge in [-0.15, -0.1) is 5.10 Å². The van der Waals surface area contributed by atoms with Crippen LogP contribution in [0.5, 0.6) is 0 Å². The Labute approximate surface area is 174 Å². The van der Waals surface area contributed by atoms with E-state index < -0.39 is 0 Å². The number of hydrogen-bond donors (Lipinski definition) is 2. The molecule has 0 aliphatic carbocycles. The van der Waals surface area contributed by atoms with Gasteiger partial charge in [0.05, 0.1) is 5.75 Å². The van der Waals surface area contributed by atoms with E-state index in [-0.39, 0.29) is 17.4 Å². The zero-order valence-electron chi connectivity index (χ0n) is 16.6. The van der Waals surface area contributed by atoms with Gasteiger partial charge in [0, 0.05) is 23.2 Å². The van der Waals surface area contributed by atoms with Crippen molar-refractivity contribution in [2.24, 2.45) is 0 Å². The molecule has 7 heteroatoms. The molecule has 29 heavy (non-hydrogen) atoms. The molecule has 3 aromatic rings. The number of anilines is 1. The number of nitrogens with one attached hydrogen (secondary N) is 2. The number of Topliss-reactive ketones (excluding diaryl/α,β-unsaturated/α-hetero) is 1. The van der Waals surface area contributed by atoms with Gasteiger partial charge in [-0.2, -0.15) is 0 Å². The van der Waals surface area contributed by atoms with Crippen molar-refractivity contribution in [3.63, 3.8) is 0 Å². The van der Waals surface area contributed by atoms with Crippen LogP contribution in [-0.4, -0.2) is 32.6 Å². The molecule has 0 bridgehead atoms. The van der Waals surface area contributed by atoms with E-state index in [4.69, 9.17) is 0 Å². The molecule has 1 aromatic heterocycles. The van der Waals surface area contributed by atoms with E-state index in [9.17, 15) is 9.59 Å². The maximum atomic E-state index is 12.4. The maximum Gasteiger partial charge on any atom is 0.224 e. The molecular weight excluding hydrogens is 384 g/mol. The summed E-state index contributed by atoms with van der Waals surface area (Å²) in [6.07, 6.45) is 2.28. The molecule has 3 rings (SSSR count). The van der Waals surface area contributed by atoms with E-state index >= 15 is 0 Å². The lowest BCUT2D eigenvalue weighted by Gasteiger charge is -2.05. The standard InChI is InChI=1S/C22H24N4O2S/c1-3-5-20(28)23-18-12-10-16(11-13-18)19(27)14-29-22-24-21(25-26-22)17-8-6-15(4-2)7-9-17/h6-13H,3-5,14H2,1-2H3,(H,23,28)(H,24,25,26). The smallest absolute Gasteiger partial charge is 0.224 e. The Morgan fingerprint density at radius 3 is 2.41 bits per heavy atom. The van der Waals surface area contributed by atoms with Gasteiger partial charge >= 0.3 is 0 Å². The van der Waals surface area contributed by atoms with Crippen molar-refractivity contribution < 1.29 is 9.59 Å². The minimum absolute atomic E-state index is 0.0138. The topological polar surface area (TPSA) is 87.7 Å². The van der Waals surface area contributed by atoms with E-state index in [1.54, 1.807) is 24.3 Å². The number of rotatable bonds is 9. The second kappa shape index (κ2) is 10.0. The molecule has 150 valence electrons. The lowest BCUT2D eigenvalue weighted by Crippen LogP contribution is -2.10. The molecule has 0 fully saturated rings. The Balaban J connectivity index is 1.55. The number of aryl methyl sites for hydroxylation is 1. The van der Waals surface area contributed by atoms with Crippen molar-refractivity contribution >= 4 is 29.1 Å². The lowest BCUT2D eigenvalue weighted by molar-refractivity contribution is -0.116. The van der Waals surface area contributed by atoms with Crippen molar-refractivity contribution in [1.82, 2.24) is 15.2 Å². The van der Waals surface area contributed by atoms with Crippen LogP contribution in [0.4, 0.5) is 5.69 Å². The minimum Gasteiger partial charge on any atom is -0.326 e. The average molecular weight is 409 g/mol. The van der Waals surface area contributed by atoms with Crippen molar-refractivity contribution in [2.45, 2.75) is 38.3 Å². The third-order valence-electron chi connectivity index (χ3n) is 4.40. The summed E-state index contributed by atoms with van der Waals surface area (Å²) in [6.45, 7) is 4.07. The Morgan fingerprint density at radius 1 is 1.03 bits per heavy atom. The summed E-state index contributed by atoms with van der Waals surface area (Å²) < 4.78 is 0. The number of nitrogens with zero attached hydrogens (tertiary/aromatic N) is 2. The summed E-state index contributed by atoms with van der Waals surface area (Å²) in [5.74, 6) is 0.898. The second-order valence-corrected chi connectivity index (χ2v) is 7.55. The van der Waals surface area contributed by atoms with Crippen LogP contribution in [0.1, 0.15) is 42.6 Å². The molecular formula is C22H24N4O2S. The summed E-state index contributed by atoms with van der Waals surface area (Å²) in [6, 6.07) is 15.1. The SMILES string of the molecule is CCCC(=O)Nc1ccc(C(=O)CSc2n[nH]c(-c3ccc(CC)cc3)n2)cc1. The van der Waals surface area contributed by atoms with Gasteiger partial charge in [0.2, 0.25) is 11.1 Å². The maximum absolute atomic E-state index is 12.4. The summed E-state index contributed by atoms with van der Waals surface area (Å²) in [7, 11) is 0. The Bertz CT molecular complexity index is 965. The molecule has 0 radical (unpaired) electrons. The van der Waals surface area contributed by atoms with Gasteiger partial charge in [0.1, 0.15) is 0 Å². The molecule has 0 aliphatic heterocycles. The highest BCUT2D eigenvalue weighted by Crippen LogP contribution is 2.21. The molecule has 6 nitrogen and oxygen atoms in total.